The lowest BCUT2D eigenvalue weighted by molar-refractivity contribution is -0.116. The Hall–Kier alpha value is -0.580. The van der Waals surface area contributed by atoms with Crippen molar-refractivity contribution in [1.82, 2.24) is 4.90 Å². The normalized spacial score (nSPS) is 9.60. The molecule has 0 fully saturated rings. The van der Waals surface area contributed by atoms with E-state index in [1.54, 1.807) is 0 Å². The molecule has 0 saturated heterocycles. The van der Waals surface area contributed by atoms with Crippen LogP contribution in [-0.2, 0) is 4.79 Å². The maximum absolute atomic E-state index is 11.4. The summed E-state index contributed by atoms with van der Waals surface area (Å²) < 4.78 is 0.895. The molecule has 15 heavy (non-hydrogen) atoms. The monoisotopic (exact) mass is 292 g/mol. The van der Waals surface area contributed by atoms with Crippen LogP contribution in [0.25, 0.3) is 0 Å². The quantitative estimate of drug-likeness (QED) is 0.928. The highest BCUT2D eigenvalue weighted by molar-refractivity contribution is 9.10. The van der Waals surface area contributed by atoms with Gasteiger partial charge < -0.3 is 10.2 Å². The summed E-state index contributed by atoms with van der Waals surface area (Å²) in [6, 6.07) is 7.55. The molecular formula is C10H14BrClN2O. The van der Waals surface area contributed by atoms with Crippen molar-refractivity contribution in [2.24, 2.45) is 0 Å². The lowest BCUT2D eigenvalue weighted by Crippen LogP contribution is -2.27. The highest BCUT2D eigenvalue weighted by Crippen LogP contribution is 2.20. The summed E-state index contributed by atoms with van der Waals surface area (Å²) in [5.74, 6) is -0.0121. The van der Waals surface area contributed by atoms with Gasteiger partial charge in [-0.2, -0.15) is 0 Å². The number of hydrogen-bond donors (Lipinski definition) is 1. The van der Waals surface area contributed by atoms with Gasteiger partial charge in [-0.3, -0.25) is 4.79 Å². The highest BCUT2D eigenvalue weighted by atomic mass is 79.9. The summed E-state index contributed by atoms with van der Waals surface area (Å²) in [6.07, 6.45) is 0. The average Bonchev–Trinajstić information content (AvgIpc) is 2.07. The summed E-state index contributed by atoms with van der Waals surface area (Å²) in [4.78, 5) is 13.2. The van der Waals surface area contributed by atoms with Gasteiger partial charge in [0, 0.05) is 4.47 Å². The predicted molar refractivity (Wildman–Crippen MR) is 68.6 cm³/mol. The van der Waals surface area contributed by atoms with Crippen LogP contribution >= 0.6 is 28.3 Å². The molecule has 0 aliphatic rings. The molecular weight excluding hydrogens is 279 g/mol. The first-order valence-electron chi connectivity index (χ1n) is 4.28. The molecule has 1 N–H and O–H groups in total. The third-order valence-corrected chi connectivity index (χ3v) is 2.30. The fraction of sp³-hybridized carbons (Fsp3) is 0.300. The van der Waals surface area contributed by atoms with E-state index in [-0.39, 0.29) is 18.3 Å². The maximum atomic E-state index is 11.4. The molecule has 5 heteroatoms. The van der Waals surface area contributed by atoms with Gasteiger partial charge in [-0.05, 0) is 42.2 Å². The predicted octanol–water partition coefficient (Wildman–Crippen LogP) is 2.37. The molecule has 0 atom stereocenters. The van der Waals surface area contributed by atoms with E-state index in [0.29, 0.717) is 6.54 Å². The van der Waals surface area contributed by atoms with Gasteiger partial charge in [0.05, 0.1) is 12.2 Å². The third kappa shape index (κ3) is 5.16. The average molecular weight is 294 g/mol. The number of benzene rings is 1. The van der Waals surface area contributed by atoms with Crippen LogP contribution in [0, 0.1) is 0 Å². The van der Waals surface area contributed by atoms with Gasteiger partial charge in [0.1, 0.15) is 0 Å². The fourth-order valence-corrected chi connectivity index (χ4v) is 1.42. The Labute approximate surface area is 104 Å². The molecule has 0 bridgehead atoms. The van der Waals surface area contributed by atoms with Crippen LogP contribution < -0.4 is 5.32 Å². The lowest BCUT2D eigenvalue weighted by Gasteiger charge is -2.10. The largest absolute Gasteiger partial charge is 0.324 e. The first-order valence-corrected chi connectivity index (χ1v) is 5.08. The second-order valence-electron chi connectivity index (χ2n) is 3.27. The molecule has 84 valence electrons. The molecule has 3 nitrogen and oxygen atoms in total. The van der Waals surface area contributed by atoms with E-state index in [4.69, 9.17) is 0 Å². The van der Waals surface area contributed by atoms with Crippen LogP contribution in [0.4, 0.5) is 5.69 Å². The lowest BCUT2D eigenvalue weighted by atomic mass is 10.3. The Morgan fingerprint density at radius 3 is 2.53 bits per heavy atom. The summed E-state index contributed by atoms with van der Waals surface area (Å²) in [5, 5.41) is 2.81. The van der Waals surface area contributed by atoms with E-state index in [2.05, 4.69) is 21.2 Å². The van der Waals surface area contributed by atoms with Crippen molar-refractivity contribution in [3.63, 3.8) is 0 Å². The Kier molecular flexibility index (Phi) is 6.56. The van der Waals surface area contributed by atoms with Crippen LogP contribution in [-0.4, -0.2) is 31.4 Å². The van der Waals surface area contributed by atoms with Gasteiger partial charge in [0.2, 0.25) is 5.91 Å². The Morgan fingerprint density at radius 2 is 2.00 bits per heavy atom. The molecule has 0 aliphatic heterocycles. The van der Waals surface area contributed by atoms with Crippen LogP contribution in [0.1, 0.15) is 0 Å². The number of rotatable bonds is 3. The molecule has 0 saturated carbocycles. The topological polar surface area (TPSA) is 32.3 Å². The minimum absolute atomic E-state index is 0. The first-order chi connectivity index (χ1) is 6.59. The van der Waals surface area contributed by atoms with E-state index in [9.17, 15) is 4.79 Å². The number of carbonyl (C=O) groups excluding carboxylic acids is 1. The molecule has 0 radical (unpaired) electrons. The minimum Gasteiger partial charge on any atom is -0.324 e. The van der Waals surface area contributed by atoms with E-state index < -0.39 is 0 Å². The van der Waals surface area contributed by atoms with Gasteiger partial charge in [-0.25, -0.2) is 0 Å². The first kappa shape index (κ1) is 14.4. The molecule has 1 rings (SSSR count). The fourth-order valence-electron chi connectivity index (χ4n) is 1.04. The summed E-state index contributed by atoms with van der Waals surface area (Å²) in [6.45, 7) is 0.390. The second kappa shape index (κ2) is 6.82. The number of anilines is 1. The number of nitrogens with one attached hydrogen (secondary N) is 1. The number of likely N-dealkylation sites (N-methyl/N-ethyl adjacent to an activating group) is 1. The van der Waals surface area contributed by atoms with Crippen molar-refractivity contribution in [2.75, 3.05) is 26.0 Å². The molecule has 1 aromatic rings. The van der Waals surface area contributed by atoms with Crippen LogP contribution in [0.15, 0.2) is 28.7 Å². The number of para-hydroxylation sites is 1. The number of hydrogen-bond acceptors (Lipinski definition) is 2. The Bertz CT molecular complexity index is 331. The van der Waals surface area contributed by atoms with Gasteiger partial charge >= 0.3 is 0 Å². The molecule has 0 aliphatic carbocycles. The Morgan fingerprint density at radius 1 is 1.40 bits per heavy atom. The number of nitrogens with zero attached hydrogens (tertiary/aromatic N) is 1. The zero-order chi connectivity index (χ0) is 10.6. The molecule has 0 aromatic heterocycles. The summed E-state index contributed by atoms with van der Waals surface area (Å²) in [5.41, 5.74) is 0.805. The standard InChI is InChI=1S/C10H13BrN2O.ClH/c1-13(2)7-10(14)12-9-6-4-3-5-8(9)11;/h3-6H,7H2,1-2H3,(H,12,14);1H. The van der Waals surface area contributed by atoms with Crippen molar-refractivity contribution in [3.8, 4) is 0 Å². The SMILES string of the molecule is CN(C)CC(=O)Nc1ccccc1Br.Cl. The van der Waals surface area contributed by atoms with Crippen LogP contribution in [0.2, 0.25) is 0 Å². The van der Waals surface area contributed by atoms with Crippen LogP contribution in [0.5, 0.6) is 0 Å². The van der Waals surface area contributed by atoms with Crippen molar-refractivity contribution in [2.45, 2.75) is 0 Å². The number of carbonyl (C=O) groups is 1. The maximum Gasteiger partial charge on any atom is 0.238 e. The van der Waals surface area contributed by atoms with Crippen molar-refractivity contribution in [3.05, 3.63) is 28.7 Å². The smallest absolute Gasteiger partial charge is 0.238 e. The molecule has 0 heterocycles. The highest BCUT2D eigenvalue weighted by Gasteiger charge is 2.05. The van der Waals surface area contributed by atoms with Crippen molar-refractivity contribution >= 4 is 39.9 Å². The Balaban J connectivity index is 0.00000196. The van der Waals surface area contributed by atoms with Gasteiger partial charge in [-0.1, -0.05) is 12.1 Å². The summed E-state index contributed by atoms with van der Waals surface area (Å²) in [7, 11) is 3.72. The molecule has 1 aromatic carbocycles. The van der Waals surface area contributed by atoms with Gasteiger partial charge in [0.25, 0.3) is 0 Å². The summed E-state index contributed by atoms with van der Waals surface area (Å²) >= 11 is 3.36. The van der Waals surface area contributed by atoms with E-state index in [1.165, 1.54) is 0 Å². The minimum atomic E-state index is -0.0121. The van der Waals surface area contributed by atoms with Crippen LogP contribution in [0.3, 0.4) is 0 Å². The van der Waals surface area contributed by atoms with Gasteiger partial charge in [-0.15, -0.1) is 12.4 Å². The number of amides is 1. The van der Waals surface area contributed by atoms with Gasteiger partial charge in [0.15, 0.2) is 0 Å². The van der Waals surface area contributed by atoms with E-state index >= 15 is 0 Å². The second-order valence-corrected chi connectivity index (χ2v) is 4.12. The zero-order valence-electron chi connectivity index (χ0n) is 8.66. The molecule has 0 spiro atoms. The molecule has 0 unspecified atom stereocenters. The zero-order valence-corrected chi connectivity index (χ0v) is 11.1. The van der Waals surface area contributed by atoms with E-state index in [0.717, 1.165) is 10.2 Å². The van der Waals surface area contributed by atoms with Crippen molar-refractivity contribution in [1.29, 1.82) is 0 Å². The van der Waals surface area contributed by atoms with E-state index in [1.807, 2.05) is 43.3 Å². The number of halogens is 2. The van der Waals surface area contributed by atoms with Crippen molar-refractivity contribution < 1.29 is 4.79 Å². The third-order valence-electron chi connectivity index (χ3n) is 1.61. The molecule has 1 amide bonds.